The maximum absolute atomic E-state index is 13.5. The van der Waals surface area contributed by atoms with Gasteiger partial charge >= 0.3 is 6.03 Å². The molecule has 1 saturated heterocycles. The van der Waals surface area contributed by atoms with Gasteiger partial charge in [0, 0.05) is 12.1 Å². The van der Waals surface area contributed by atoms with Crippen molar-refractivity contribution in [2.24, 2.45) is 17.8 Å². The summed E-state index contributed by atoms with van der Waals surface area (Å²) in [5.41, 5.74) is 3.09. The highest BCUT2D eigenvalue weighted by Gasteiger charge is 2.51. The number of barbiturate groups is 1. The van der Waals surface area contributed by atoms with Gasteiger partial charge in [0.15, 0.2) is 0 Å². The lowest BCUT2D eigenvalue weighted by atomic mass is 9.48. The Morgan fingerprint density at radius 3 is 2.16 bits per heavy atom. The molecule has 4 bridgehead atoms. The number of anilines is 1. The van der Waals surface area contributed by atoms with Gasteiger partial charge in [-0.3, -0.25) is 25.0 Å². The molecule has 10 heteroatoms. The van der Waals surface area contributed by atoms with Crippen molar-refractivity contribution in [3.05, 3.63) is 104 Å². The number of carbonyl (C=O) groups excluding carboxylic acids is 3. The van der Waals surface area contributed by atoms with Gasteiger partial charge in [0.2, 0.25) is 0 Å². The Labute approximate surface area is 262 Å². The van der Waals surface area contributed by atoms with Gasteiger partial charge in [-0.15, -0.1) is 0 Å². The van der Waals surface area contributed by atoms with Crippen LogP contribution in [0.4, 0.5) is 16.2 Å². The van der Waals surface area contributed by atoms with Gasteiger partial charge in [0.05, 0.1) is 15.1 Å². The third-order valence-corrected chi connectivity index (χ3v) is 10.3. The van der Waals surface area contributed by atoms with Crippen molar-refractivity contribution in [2.75, 3.05) is 4.90 Å². The minimum atomic E-state index is -0.768. The number of urea groups is 1. The number of nitro groups is 1. The number of imide groups is 2. The van der Waals surface area contributed by atoms with E-state index in [-0.39, 0.29) is 23.3 Å². The molecule has 0 radical (unpaired) electrons. The van der Waals surface area contributed by atoms with Gasteiger partial charge in [-0.2, -0.15) is 0 Å². The average Bonchev–Trinajstić information content (AvgIpc) is 2.98. The van der Waals surface area contributed by atoms with Crippen molar-refractivity contribution in [3.63, 3.8) is 0 Å². The van der Waals surface area contributed by atoms with Crippen molar-refractivity contribution >= 4 is 51.2 Å². The Morgan fingerprint density at radius 2 is 1.57 bits per heavy atom. The first-order chi connectivity index (χ1) is 21.2. The van der Waals surface area contributed by atoms with E-state index < -0.39 is 22.8 Å². The molecule has 0 unspecified atom stereocenters. The van der Waals surface area contributed by atoms with Crippen molar-refractivity contribution in [1.82, 2.24) is 5.32 Å². The maximum Gasteiger partial charge on any atom is 0.335 e. The molecule has 0 spiro atoms. The first-order valence-corrected chi connectivity index (χ1v) is 15.6. The molecule has 4 saturated carbocycles. The van der Waals surface area contributed by atoms with E-state index in [0.717, 1.165) is 28.2 Å². The predicted octanol–water partition coefficient (Wildman–Crippen LogP) is 7.07. The van der Waals surface area contributed by atoms with Gasteiger partial charge in [0.25, 0.3) is 17.5 Å². The second-order valence-electron chi connectivity index (χ2n) is 12.6. The van der Waals surface area contributed by atoms with Crippen molar-refractivity contribution < 1.29 is 24.0 Å². The molecular formula is C34H30BrN3O6. The molecule has 4 amide bonds. The monoisotopic (exact) mass is 655 g/mol. The summed E-state index contributed by atoms with van der Waals surface area (Å²) in [6, 6.07) is 18.2. The molecule has 8 rings (SSSR count). The van der Waals surface area contributed by atoms with Crippen LogP contribution in [-0.2, 0) is 21.6 Å². The lowest BCUT2D eigenvalue weighted by molar-refractivity contribution is -0.384. The van der Waals surface area contributed by atoms with E-state index in [1.54, 1.807) is 30.3 Å². The molecule has 224 valence electrons. The van der Waals surface area contributed by atoms with Crippen LogP contribution in [0.25, 0.3) is 6.08 Å². The standard InChI is InChI=1S/C34H30BrN3O6/c35-29-15-21(3-10-30(29)44-19-20-1-6-27(7-2-20)38(42)43)14-28-31(39)36-33(41)37(32(28)40)26-8-4-25(5-9-26)34-16-22-11-23(17-34)13-24(12-22)18-34/h1-10,14-15,22-24H,11-13,16-19H2,(H,36,39,41)/b28-14+. The van der Waals surface area contributed by atoms with Crippen LogP contribution in [0.2, 0.25) is 0 Å². The summed E-state index contributed by atoms with van der Waals surface area (Å²) >= 11 is 3.47. The molecule has 4 aliphatic carbocycles. The highest BCUT2D eigenvalue weighted by Crippen LogP contribution is 2.60. The Morgan fingerprint density at radius 1 is 0.932 bits per heavy atom. The summed E-state index contributed by atoms with van der Waals surface area (Å²) in [5.74, 6) is 1.51. The maximum atomic E-state index is 13.5. The molecule has 3 aromatic rings. The number of nitrogens with one attached hydrogen (secondary N) is 1. The second kappa shape index (κ2) is 11.0. The Bertz CT molecular complexity index is 1680. The minimum absolute atomic E-state index is 0.00317. The number of amides is 4. The summed E-state index contributed by atoms with van der Waals surface area (Å²) < 4.78 is 6.44. The number of non-ortho nitro benzene ring substituents is 1. The average molecular weight is 657 g/mol. The number of ether oxygens (including phenoxy) is 1. The van der Waals surface area contributed by atoms with Crippen LogP contribution in [0, 0.1) is 27.9 Å². The fraction of sp³-hybridized carbons (Fsp3) is 0.324. The Kier molecular flexibility index (Phi) is 7.11. The van der Waals surface area contributed by atoms with Gasteiger partial charge in [-0.1, -0.05) is 18.2 Å². The normalized spacial score (nSPS) is 26.7. The third-order valence-electron chi connectivity index (χ3n) is 9.69. The van der Waals surface area contributed by atoms with Crippen molar-refractivity contribution in [1.29, 1.82) is 0 Å². The summed E-state index contributed by atoms with van der Waals surface area (Å²) in [6.07, 6.45) is 9.19. The number of nitrogens with zero attached hydrogens (tertiary/aromatic N) is 2. The molecule has 5 aliphatic rings. The van der Waals surface area contributed by atoms with Crippen LogP contribution < -0.4 is 15.0 Å². The quantitative estimate of drug-likeness (QED) is 0.126. The predicted molar refractivity (Wildman–Crippen MR) is 167 cm³/mol. The summed E-state index contributed by atoms with van der Waals surface area (Å²) in [4.78, 5) is 50.6. The SMILES string of the molecule is O=C1NC(=O)N(c2ccc(C34CC5CC(CC(C5)C3)C4)cc2)C(=O)/C1=C/c1ccc(OCc2ccc([N+](=O)[O-])cc2)c(Br)c1. The molecule has 1 N–H and O–H groups in total. The molecule has 1 heterocycles. The number of hydrogen-bond donors (Lipinski definition) is 1. The Hall–Kier alpha value is -4.31. The number of nitro benzene ring substituents is 1. The lowest BCUT2D eigenvalue weighted by Gasteiger charge is -2.57. The van der Waals surface area contributed by atoms with E-state index >= 15 is 0 Å². The largest absolute Gasteiger partial charge is 0.488 e. The van der Waals surface area contributed by atoms with Gasteiger partial charge in [-0.25, -0.2) is 9.69 Å². The van der Waals surface area contributed by atoms with Crippen LogP contribution in [0.3, 0.4) is 0 Å². The molecule has 5 fully saturated rings. The molecule has 3 aromatic carbocycles. The zero-order chi connectivity index (χ0) is 30.6. The molecule has 9 nitrogen and oxygen atoms in total. The topological polar surface area (TPSA) is 119 Å². The molecule has 0 atom stereocenters. The number of rotatable bonds is 7. The Balaban J connectivity index is 1.07. The smallest absolute Gasteiger partial charge is 0.335 e. The molecule has 44 heavy (non-hydrogen) atoms. The van der Waals surface area contributed by atoms with E-state index in [2.05, 4.69) is 33.4 Å². The van der Waals surface area contributed by atoms with Crippen LogP contribution in [0.1, 0.15) is 55.2 Å². The van der Waals surface area contributed by atoms with Crippen LogP contribution >= 0.6 is 15.9 Å². The van der Waals surface area contributed by atoms with E-state index in [1.807, 2.05) is 12.1 Å². The zero-order valence-electron chi connectivity index (χ0n) is 23.8. The van der Waals surface area contributed by atoms with E-state index in [1.165, 1.54) is 62.3 Å². The van der Waals surface area contributed by atoms with Crippen LogP contribution in [0.5, 0.6) is 5.75 Å². The van der Waals surface area contributed by atoms with E-state index in [0.29, 0.717) is 21.5 Å². The highest BCUT2D eigenvalue weighted by atomic mass is 79.9. The number of hydrogen-bond acceptors (Lipinski definition) is 6. The first kappa shape index (κ1) is 28.5. The lowest BCUT2D eigenvalue weighted by Crippen LogP contribution is -2.54. The molecular weight excluding hydrogens is 626 g/mol. The summed E-state index contributed by atoms with van der Waals surface area (Å²) in [6.45, 7) is 0.191. The molecule has 0 aromatic heterocycles. The number of halogens is 1. The summed E-state index contributed by atoms with van der Waals surface area (Å²) in [5, 5.41) is 13.2. The highest BCUT2D eigenvalue weighted by molar-refractivity contribution is 9.10. The molecule has 1 aliphatic heterocycles. The fourth-order valence-corrected chi connectivity index (χ4v) is 8.60. The van der Waals surface area contributed by atoms with E-state index in [9.17, 15) is 24.5 Å². The van der Waals surface area contributed by atoms with Gasteiger partial charge < -0.3 is 4.74 Å². The van der Waals surface area contributed by atoms with Crippen molar-refractivity contribution in [2.45, 2.75) is 50.5 Å². The fourth-order valence-electron chi connectivity index (χ4n) is 8.09. The van der Waals surface area contributed by atoms with Crippen LogP contribution in [-0.4, -0.2) is 22.8 Å². The van der Waals surface area contributed by atoms with Crippen LogP contribution in [0.15, 0.2) is 76.8 Å². The number of benzene rings is 3. The summed E-state index contributed by atoms with van der Waals surface area (Å²) in [7, 11) is 0. The van der Waals surface area contributed by atoms with Gasteiger partial charge in [-0.05, 0) is 137 Å². The van der Waals surface area contributed by atoms with Crippen molar-refractivity contribution in [3.8, 4) is 5.75 Å². The minimum Gasteiger partial charge on any atom is -0.488 e. The second-order valence-corrected chi connectivity index (χ2v) is 13.5. The number of carbonyl (C=O) groups is 3. The first-order valence-electron chi connectivity index (χ1n) is 14.9. The zero-order valence-corrected chi connectivity index (χ0v) is 25.4. The van der Waals surface area contributed by atoms with E-state index in [4.69, 9.17) is 4.74 Å². The third kappa shape index (κ3) is 5.21. The van der Waals surface area contributed by atoms with Gasteiger partial charge in [0.1, 0.15) is 17.9 Å².